The van der Waals surface area contributed by atoms with Gasteiger partial charge in [0.05, 0.1) is 0 Å². The normalized spacial score (nSPS) is 23.8. The van der Waals surface area contributed by atoms with Gasteiger partial charge in [-0.15, -0.1) is 0 Å². The summed E-state index contributed by atoms with van der Waals surface area (Å²) >= 11 is 0. The lowest BCUT2D eigenvalue weighted by Gasteiger charge is -2.37. The molecule has 0 radical (unpaired) electrons. The second-order valence-corrected chi connectivity index (χ2v) is 4.76. The molecule has 110 valence electrons. The Morgan fingerprint density at radius 2 is 2.20 bits per heavy atom. The van der Waals surface area contributed by atoms with Gasteiger partial charge in [-0.05, 0) is 25.0 Å². The predicted octanol–water partition coefficient (Wildman–Crippen LogP) is 1.15. The largest absolute Gasteiger partial charge is 0.341 e. The van der Waals surface area contributed by atoms with Crippen molar-refractivity contribution in [2.45, 2.75) is 19.4 Å². The number of rotatable bonds is 4. The summed E-state index contributed by atoms with van der Waals surface area (Å²) in [6.45, 7) is 2.91. The first-order valence-corrected chi connectivity index (χ1v) is 6.69. The van der Waals surface area contributed by atoms with Crippen molar-refractivity contribution in [3.63, 3.8) is 0 Å². The van der Waals surface area contributed by atoms with Crippen LogP contribution in [0.5, 0.6) is 0 Å². The van der Waals surface area contributed by atoms with Gasteiger partial charge in [0.15, 0.2) is 0 Å². The maximum Gasteiger partial charge on any atom is 0.317 e. The van der Waals surface area contributed by atoms with Crippen molar-refractivity contribution >= 4 is 18.0 Å². The quantitative estimate of drug-likeness (QED) is 0.457. The SMILES string of the molecule is C/C=C\C(=C/C=N)C(=N)C1CN(C(=O)NC)CCC1N. The van der Waals surface area contributed by atoms with E-state index in [-0.39, 0.29) is 18.0 Å². The summed E-state index contributed by atoms with van der Waals surface area (Å²) in [4.78, 5) is 13.4. The van der Waals surface area contributed by atoms with Gasteiger partial charge in [0.1, 0.15) is 0 Å². The third-order valence-electron chi connectivity index (χ3n) is 3.46. The van der Waals surface area contributed by atoms with Crippen molar-refractivity contribution in [1.82, 2.24) is 10.2 Å². The van der Waals surface area contributed by atoms with E-state index in [0.717, 1.165) is 6.21 Å². The number of amides is 2. The average Bonchev–Trinajstić information content (AvgIpc) is 2.46. The van der Waals surface area contributed by atoms with Crippen LogP contribution < -0.4 is 11.1 Å². The Labute approximate surface area is 119 Å². The summed E-state index contributed by atoms with van der Waals surface area (Å²) in [5.74, 6) is -0.205. The van der Waals surface area contributed by atoms with Crippen LogP contribution in [0.4, 0.5) is 4.79 Å². The van der Waals surface area contributed by atoms with Crippen molar-refractivity contribution in [3.05, 3.63) is 23.8 Å². The molecule has 2 amide bonds. The Kier molecular flexibility index (Phi) is 6.11. The van der Waals surface area contributed by atoms with Crippen LogP contribution in [0.15, 0.2) is 23.8 Å². The molecule has 1 aliphatic rings. The van der Waals surface area contributed by atoms with Crippen molar-refractivity contribution in [1.29, 1.82) is 10.8 Å². The topological polar surface area (TPSA) is 106 Å². The molecule has 5 N–H and O–H groups in total. The van der Waals surface area contributed by atoms with E-state index in [2.05, 4.69) is 5.32 Å². The molecule has 6 nitrogen and oxygen atoms in total. The highest BCUT2D eigenvalue weighted by atomic mass is 16.2. The van der Waals surface area contributed by atoms with Crippen LogP contribution in [0.1, 0.15) is 13.3 Å². The molecule has 20 heavy (non-hydrogen) atoms. The molecule has 0 bridgehead atoms. The minimum atomic E-state index is -0.205. The van der Waals surface area contributed by atoms with E-state index in [0.29, 0.717) is 30.8 Å². The number of nitrogens with one attached hydrogen (secondary N) is 3. The summed E-state index contributed by atoms with van der Waals surface area (Å²) in [6, 6.07) is -0.277. The smallest absolute Gasteiger partial charge is 0.317 e. The first kappa shape index (κ1) is 16.1. The lowest BCUT2D eigenvalue weighted by molar-refractivity contribution is 0.173. The zero-order valence-electron chi connectivity index (χ0n) is 12.0. The van der Waals surface area contributed by atoms with Crippen molar-refractivity contribution < 1.29 is 4.79 Å². The molecule has 0 spiro atoms. The molecule has 0 aromatic heterocycles. The lowest BCUT2D eigenvalue weighted by Crippen LogP contribution is -2.53. The highest BCUT2D eigenvalue weighted by molar-refractivity contribution is 6.05. The molecule has 1 aliphatic heterocycles. The summed E-state index contributed by atoms with van der Waals surface area (Å²) < 4.78 is 0. The van der Waals surface area contributed by atoms with Gasteiger partial charge in [0.25, 0.3) is 0 Å². The fourth-order valence-corrected chi connectivity index (χ4v) is 2.34. The Morgan fingerprint density at radius 1 is 1.50 bits per heavy atom. The van der Waals surface area contributed by atoms with Gasteiger partial charge in [-0.1, -0.05) is 12.2 Å². The van der Waals surface area contributed by atoms with E-state index >= 15 is 0 Å². The highest BCUT2D eigenvalue weighted by Gasteiger charge is 2.32. The fraction of sp³-hybridized carbons (Fsp3) is 0.500. The summed E-state index contributed by atoms with van der Waals surface area (Å²) in [7, 11) is 1.59. The maximum absolute atomic E-state index is 11.7. The molecule has 1 fully saturated rings. The number of likely N-dealkylation sites (tertiary alicyclic amines) is 1. The molecule has 2 unspecified atom stereocenters. The van der Waals surface area contributed by atoms with Gasteiger partial charge in [0, 0.05) is 44.0 Å². The first-order chi connectivity index (χ1) is 9.54. The van der Waals surface area contributed by atoms with Gasteiger partial charge in [-0.3, -0.25) is 0 Å². The molecule has 0 saturated carbocycles. The number of allylic oxidation sites excluding steroid dienone is 4. The summed E-state index contributed by atoms with van der Waals surface area (Å²) in [5.41, 5.74) is 7.16. The highest BCUT2D eigenvalue weighted by Crippen LogP contribution is 2.20. The molecule has 6 heteroatoms. The van der Waals surface area contributed by atoms with Gasteiger partial charge in [0.2, 0.25) is 0 Å². The molecule has 1 heterocycles. The molecular formula is C14H23N5O. The van der Waals surface area contributed by atoms with E-state index < -0.39 is 0 Å². The Hall–Kier alpha value is -1.95. The Balaban J connectivity index is 2.91. The van der Waals surface area contributed by atoms with Crippen LogP contribution in [0.2, 0.25) is 0 Å². The van der Waals surface area contributed by atoms with E-state index in [4.69, 9.17) is 16.6 Å². The molecule has 0 aliphatic carbocycles. The van der Waals surface area contributed by atoms with Gasteiger partial charge < -0.3 is 26.8 Å². The molecule has 2 atom stereocenters. The predicted molar refractivity (Wildman–Crippen MR) is 81.5 cm³/mol. The second-order valence-electron chi connectivity index (χ2n) is 4.76. The maximum atomic E-state index is 11.7. The zero-order chi connectivity index (χ0) is 15.1. The van der Waals surface area contributed by atoms with Crippen molar-refractivity contribution in [2.75, 3.05) is 20.1 Å². The standard InChI is InChI=1S/C14H23N5O/c1-3-4-10(5-7-15)13(17)11-9-19(14(20)18-2)8-6-12(11)16/h3-5,7,11-12,15,17H,6,8-9,16H2,1-2H3,(H,18,20)/b4-3-,10-5+,15-7?,17-13?. The minimum absolute atomic E-state index is 0.136. The van der Waals surface area contributed by atoms with Crippen LogP contribution in [0, 0.1) is 16.7 Å². The summed E-state index contributed by atoms with van der Waals surface area (Å²) in [6.07, 6.45) is 7.03. The van der Waals surface area contributed by atoms with Crippen LogP contribution in [0.25, 0.3) is 0 Å². The van der Waals surface area contributed by atoms with Gasteiger partial charge in [-0.2, -0.15) is 0 Å². The Morgan fingerprint density at radius 3 is 2.75 bits per heavy atom. The number of hydrogen-bond acceptors (Lipinski definition) is 4. The number of piperidine rings is 1. The molecule has 1 saturated heterocycles. The van der Waals surface area contributed by atoms with Crippen LogP contribution in [-0.4, -0.2) is 49.0 Å². The monoisotopic (exact) mass is 277 g/mol. The third-order valence-corrected chi connectivity index (χ3v) is 3.46. The van der Waals surface area contributed by atoms with E-state index in [1.807, 2.05) is 13.0 Å². The lowest BCUT2D eigenvalue weighted by atomic mass is 9.85. The summed E-state index contributed by atoms with van der Waals surface area (Å²) in [5, 5.41) is 18.1. The molecule has 0 aromatic rings. The number of carbonyl (C=O) groups is 1. The van der Waals surface area contributed by atoms with Crippen molar-refractivity contribution in [2.24, 2.45) is 11.7 Å². The fourth-order valence-electron chi connectivity index (χ4n) is 2.34. The third kappa shape index (κ3) is 3.77. The average molecular weight is 277 g/mol. The van der Waals surface area contributed by atoms with E-state index in [1.165, 1.54) is 0 Å². The number of urea groups is 1. The van der Waals surface area contributed by atoms with Crippen LogP contribution >= 0.6 is 0 Å². The number of hydrogen-bond donors (Lipinski definition) is 4. The van der Waals surface area contributed by atoms with Crippen molar-refractivity contribution in [3.8, 4) is 0 Å². The van der Waals surface area contributed by atoms with Gasteiger partial charge >= 0.3 is 6.03 Å². The number of nitrogens with two attached hydrogens (primary N) is 1. The first-order valence-electron chi connectivity index (χ1n) is 6.69. The Bertz CT molecular complexity index is 441. The minimum Gasteiger partial charge on any atom is -0.341 e. The van der Waals surface area contributed by atoms with Gasteiger partial charge in [-0.25, -0.2) is 4.79 Å². The molecule has 0 aromatic carbocycles. The number of nitrogens with zero attached hydrogens (tertiary/aromatic N) is 1. The number of carbonyl (C=O) groups excluding carboxylic acids is 1. The molecule has 1 rings (SSSR count). The van der Waals surface area contributed by atoms with Crippen LogP contribution in [-0.2, 0) is 0 Å². The zero-order valence-corrected chi connectivity index (χ0v) is 12.0. The van der Waals surface area contributed by atoms with E-state index in [1.54, 1.807) is 24.1 Å². The molecular weight excluding hydrogens is 254 g/mol. The van der Waals surface area contributed by atoms with E-state index in [9.17, 15) is 4.79 Å². The second kappa shape index (κ2) is 7.59. The van der Waals surface area contributed by atoms with Crippen LogP contribution in [0.3, 0.4) is 0 Å².